The van der Waals surface area contributed by atoms with E-state index >= 15 is 0 Å². The van der Waals surface area contributed by atoms with Crippen molar-refractivity contribution >= 4 is 5.69 Å². The van der Waals surface area contributed by atoms with Gasteiger partial charge in [-0.3, -0.25) is 0 Å². The van der Waals surface area contributed by atoms with Crippen LogP contribution in [0, 0.1) is 12.7 Å². The SMILES string of the molecule is C=CC(C)Nc1ccc(C)c(F)c1. The van der Waals surface area contributed by atoms with Gasteiger partial charge in [0.1, 0.15) is 5.82 Å². The Morgan fingerprint density at radius 3 is 2.77 bits per heavy atom. The summed E-state index contributed by atoms with van der Waals surface area (Å²) < 4.78 is 13.1. The molecule has 0 aromatic heterocycles. The smallest absolute Gasteiger partial charge is 0.128 e. The maximum absolute atomic E-state index is 13.1. The summed E-state index contributed by atoms with van der Waals surface area (Å²) in [5, 5.41) is 3.10. The summed E-state index contributed by atoms with van der Waals surface area (Å²) in [5.41, 5.74) is 1.45. The third-order valence-electron chi connectivity index (χ3n) is 1.92. The molecule has 1 aromatic rings. The Balaban J connectivity index is 2.79. The molecule has 1 atom stereocenters. The molecule has 0 aliphatic rings. The zero-order chi connectivity index (χ0) is 9.84. The fraction of sp³-hybridized carbons (Fsp3) is 0.273. The molecule has 0 fully saturated rings. The van der Waals surface area contributed by atoms with Gasteiger partial charge in [0.05, 0.1) is 0 Å². The molecule has 0 saturated heterocycles. The number of anilines is 1. The molecular weight excluding hydrogens is 165 g/mol. The lowest BCUT2D eigenvalue weighted by Crippen LogP contribution is -2.11. The Bertz CT molecular complexity index is 307. The van der Waals surface area contributed by atoms with Crippen molar-refractivity contribution in [1.82, 2.24) is 0 Å². The molecule has 0 saturated carbocycles. The van der Waals surface area contributed by atoms with Crippen LogP contribution in [-0.2, 0) is 0 Å². The number of aryl methyl sites for hydroxylation is 1. The minimum absolute atomic E-state index is 0.155. The van der Waals surface area contributed by atoms with E-state index in [1.54, 1.807) is 19.1 Å². The number of benzene rings is 1. The molecule has 1 rings (SSSR count). The van der Waals surface area contributed by atoms with E-state index in [1.165, 1.54) is 6.07 Å². The van der Waals surface area contributed by atoms with Gasteiger partial charge in [-0.05, 0) is 31.5 Å². The average molecular weight is 179 g/mol. The minimum Gasteiger partial charge on any atom is -0.379 e. The predicted molar refractivity (Wildman–Crippen MR) is 54.4 cm³/mol. The first kappa shape index (κ1) is 9.78. The maximum atomic E-state index is 13.1. The Kier molecular flexibility index (Phi) is 3.07. The van der Waals surface area contributed by atoms with Gasteiger partial charge in [-0.15, -0.1) is 6.58 Å². The summed E-state index contributed by atoms with van der Waals surface area (Å²) in [6, 6.07) is 5.27. The van der Waals surface area contributed by atoms with E-state index in [1.807, 2.05) is 13.0 Å². The van der Waals surface area contributed by atoms with E-state index in [0.29, 0.717) is 5.56 Å². The third-order valence-corrected chi connectivity index (χ3v) is 1.92. The lowest BCUT2D eigenvalue weighted by Gasteiger charge is -2.10. The van der Waals surface area contributed by atoms with E-state index in [2.05, 4.69) is 11.9 Å². The quantitative estimate of drug-likeness (QED) is 0.703. The molecule has 13 heavy (non-hydrogen) atoms. The van der Waals surface area contributed by atoms with Crippen LogP contribution < -0.4 is 5.32 Å². The van der Waals surface area contributed by atoms with Crippen LogP contribution in [0.15, 0.2) is 30.9 Å². The standard InChI is InChI=1S/C11H14FN/c1-4-9(3)13-10-6-5-8(2)11(12)7-10/h4-7,9,13H,1H2,2-3H3. The average Bonchev–Trinajstić information content (AvgIpc) is 2.11. The molecule has 0 spiro atoms. The van der Waals surface area contributed by atoms with Gasteiger partial charge in [-0.1, -0.05) is 12.1 Å². The van der Waals surface area contributed by atoms with Crippen LogP contribution in [0.2, 0.25) is 0 Å². The molecule has 0 amide bonds. The van der Waals surface area contributed by atoms with Crippen molar-refractivity contribution in [2.24, 2.45) is 0 Å². The van der Waals surface area contributed by atoms with Gasteiger partial charge in [-0.25, -0.2) is 4.39 Å². The lowest BCUT2D eigenvalue weighted by atomic mass is 10.2. The molecule has 1 aromatic carbocycles. The monoisotopic (exact) mass is 179 g/mol. The highest BCUT2D eigenvalue weighted by molar-refractivity contribution is 5.46. The van der Waals surface area contributed by atoms with Crippen LogP contribution in [-0.4, -0.2) is 6.04 Å². The highest BCUT2D eigenvalue weighted by Crippen LogP contribution is 2.14. The fourth-order valence-electron chi connectivity index (χ4n) is 1.00. The van der Waals surface area contributed by atoms with Gasteiger partial charge in [0.2, 0.25) is 0 Å². The minimum atomic E-state index is -0.179. The van der Waals surface area contributed by atoms with Crippen molar-refractivity contribution in [1.29, 1.82) is 0 Å². The van der Waals surface area contributed by atoms with Crippen LogP contribution in [0.5, 0.6) is 0 Å². The van der Waals surface area contributed by atoms with Crippen LogP contribution in [0.3, 0.4) is 0 Å². The van der Waals surface area contributed by atoms with Gasteiger partial charge in [-0.2, -0.15) is 0 Å². The Morgan fingerprint density at radius 1 is 1.54 bits per heavy atom. The van der Waals surface area contributed by atoms with Crippen LogP contribution in [0.4, 0.5) is 10.1 Å². The number of halogens is 1. The molecule has 1 nitrogen and oxygen atoms in total. The van der Waals surface area contributed by atoms with Gasteiger partial charge >= 0.3 is 0 Å². The van der Waals surface area contributed by atoms with Gasteiger partial charge < -0.3 is 5.32 Å². The molecular formula is C11H14FN. The molecule has 0 aliphatic heterocycles. The van der Waals surface area contributed by atoms with E-state index in [-0.39, 0.29) is 11.9 Å². The van der Waals surface area contributed by atoms with Crippen molar-refractivity contribution in [3.63, 3.8) is 0 Å². The van der Waals surface area contributed by atoms with Gasteiger partial charge in [0.15, 0.2) is 0 Å². The lowest BCUT2D eigenvalue weighted by molar-refractivity contribution is 0.619. The summed E-state index contributed by atoms with van der Waals surface area (Å²) in [6.07, 6.45) is 1.78. The molecule has 0 heterocycles. The molecule has 1 unspecified atom stereocenters. The van der Waals surface area contributed by atoms with Gasteiger partial charge in [0, 0.05) is 11.7 Å². The summed E-state index contributed by atoms with van der Waals surface area (Å²) >= 11 is 0. The van der Waals surface area contributed by atoms with Crippen LogP contribution >= 0.6 is 0 Å². The van der Waals surface area contributed by atoms with Crippen molar-refractivity contribution < 1.29 is 4.39 Å². The number of rotatable bonds is 3. The second-order valence-corrected chi connectivity index (χ2v) is 3.13. The highest BCUT2D eigenvalue weighted by Gasteiger charge is 2.00. The zero-order valence-corrected chi connectivity index (χ0v) is 7.97. The van der Waals surface area contributed by atoms with Crippen molar-refractivity contribution in [2.45, 2.75) is 19.9 Å². The second-order valence-electron chi connectivity index (χ2n) is 3.13. The first-order valence-electron chi connectivity index (χ1n) is 4.28. The van der Waals surface area contributed by atoms with E-state index < -0.39 is 0 Å². The molecule has 70 valence electrons. The summed E-state index contributed by atoms with van der Waals surface area (Å²) in [5.74, 6) is -0.179. The summed E-state index contributed by atoms with van der Waals surface area (Å²) in [4.78, 5) is 0. The Morgan fingerprint density at radius 2 is 2.23 bits per heavy atom. The largest absolute Gasteiger partial charge is 0.379 e. The van der Waals surface area contributed by atoms with E-state index in [9.17, 15) is 4.39 Å². The fourth-order valence-corrected chi connectivity index (χ4v) is 1.00. The molecule has 0 bridgehead atoms. The summed E-state index contributed by atoms with van der Waals surface area (Å²) in [6.45, 7) is 7.35. The topological polar surface area (TPSA) is 12.0 Å². The number of hydrogen-bond donors (Lipinski definition) is 1. The van der Waals surface area contributed by atoms with Crippen LogP contribution in [0.25, 0.3) is 0 Å². The first-order chi connectivity index (χ1) is 6.13. The Hall–Kier alpha value is -1.31. The van der Waals surface area contributed by atoms with Gasteiger partial charge in [0.25, 0.3) is 0 Å². The second kappa shape index (κ2) is 4.08. The van der Waals surface area contributed by atoms with Crippen molar-refractivity contribution in [3.8, 4) is 0 Å². The number of hydrogen-bond acceptors (Lipinski definition) is 1. The van der Waals surface area contributed by atoms with E-state index in [4.69, 9.17) is 0 Å². The summed E-state index contributed by atoms with van der Waals surface area (Å²) in [7, 11) is 0. The molecule has 0 radical (unpaired) electrons. The molecule has 0 aliphatic carbocycles. The zero-order valence-electron chi connectivity index (χ0n) is 7.97. The van der Waals surface area contributed by atoms with Crippen molar-refractivity contribution in [3.05, 3.63) is 42.2 Å². The van der Waals surface area contributed by atoms with Crippen LogP contribution in [0.1, 0.15) is 12.5 Å². The third kappa shape index (κ3) is 2.58. The Labute approximate surface area is 78.3 Å². The highest BCUT2D eigenvalue weighted by atomic mass is 19.1. The predicted octanol–water partition coefficient (Wildman–Crippen LogP) is 3.12. The maximum Gasteiger partial charge on any atom is 0.128 e. The first-order valence-corrected chi connectivity index (χ1v) is 4.28. The molecule has 2 heteroatoms. The number of nitrogens with one attached hydrogen (secondary N) is 1. The molecule has 1 N–H and O–H groups in total. The normalized spacial score (nSPS) is 12.2. The van der Waals surface area contributed by atoms with E-state index in [0.717, 1.165) is 5.69 Å². The van der Waals surface area contributed by atoms with Crippen molar-refractivity contribution in [2.75, 3.05) is 5.32 Å².